The quantitative estimate of drug-likeness (QED) is 0.102. The van der Waals surface area contributed by atoms with Crippen molar-refractivity contribution in [2.45, 2.75) is 90.5 Å². The lowest BCUT2D eigenvalue weighted by atomic mass is 10.1. The number of carbonyl (C=O) groups excluding carboxylic acids is 1. The van der Waals surface area contributed by atoms with Gasteiger partial charge in [-0.05, 0) is 46.2 Å². The van der Waals surface area contributed by atoms with Crippen LogP contribution in [0.1, 0.15) is 60.1 Å². The number of imidazole rings is 1. The summed E-state index contributed by atoms with van der Waals surface area (Å²) in [4.78, 5) is 37.1. The summed E-state index contributed by atoms with van der Waals surface area (Å²) in [6, 6.07) is 13.1. The molecule has 0 saturated carbocycles. The Morgan fingerprint density at radius 2 is 1.84 bits per heavy atom. The number of hydrogen-bond acceptors (Lipinski definition) is 13. The molecule has 4 rings (SSSR count). The number of nitrogens with one attached hydrogen (secondary N) is 2. The molecular weight excluding hydrogens is 655 g/mol. The lowest BCUT2D eigenvalue weighted by molar-refractivity contribution is -0.135. The number of ether oxygens (including phenoxy) is 4. The first-order valence-corrected chi connectivity index (χ1v) is 17.2. The fourth-order valence-electron chi connectivity index (χ4n) is 5.27. The maximum Gasteiger partial charge on any atom is 0.280 e. The van der Waals surface area contributed by atoms with Crippen LogP contribution in [0.25, 0.3) is 11.2 Å². The molecule has 2 aromatic heterocycles. The van der Waals surface area contributed by atoms with Gasteiger partial charge in [-0.3, -0.25) is 24.5 Å². The summed E-state index contributed by atoms with van der Waals surface area (Å²) < 4.78 is 40.5. The normalized spacial score (nSPS) is 19.7. The summed E-state index contributed by atoms with van der Waals surface area (Å²) in [7, 11) is -1.68. The Balaban J connectivity index is 1.65. The van der Waals surface area contributed by atoms with E-state index in [2.05, 4.69) is 31.0 Å². The van der Waals surface area contributed by atoms with Crippen molar-refractivity contribution in [1.29, 1.82) is 10.5 Å². The highest BCUT2D eigenvalue weighted by Crippen LogP contribution is 2.51. The van der Waals surface area contributed by atoms with E-state index in [0.29, 0.717) is 12.2 Å². The molecule has 1 aliphatic rings. The van der Waals surface area contributed by atoms with E-state index in [0.717, 1.165) is 0 Å². The van der Waals surface area contributed by atoms with E-state index in [-0.39, 0.29) is 68.7 Å². The number of nitriles is 2. The molecule has 1 saturated heterocycles. The maximum absolute atomic E-state index is 13.1. The van der Waals surface area contributed by atoms with Crippen molar-refractivity contribution in [3.8, 4) is 17.9 Å². The van der Waals surface area contributed by atoms with E-state index >= 15 is 0 Å². The van der Waals surface area contributed by atoms with E-state index in [4.69, 9.17) is 38.5 Å². The van der Waals surface area contributed by atoms with Gasteiger partial charge >= 0.3 is 0 Å². The minimum atomic E-state index is -1.68. The van der Waals surface area contributed by atoms with Crippen LogP contribution in [-0.4, -0.2) is 87.1 Å². The first-order valence-electron chi connectivity index (χ1n) is 16.1. The monoisotopic (exact) mass is 698 g/mol. The summed E-state index contributed by atoms with van der Waals surface area (Å²) in [5.41, 5.74) is -0.408. The molecule has 2 N–H and O–H groups in total. The van der Waals surface area contributed by atoms with Crippen molar-refractivity contribution in [2.24, 2.45) is 0 Å². The molecule has 49 heavy (non-hydrogen) atoms. The van der Waals surface area contributed by atoms with Crippen molar-refractivity contribution < 1.29 is 32.8 Å². The van der Waals surface area contributed by atoms with Crippen molar-refractivity contribution in [3.63, 3.8) is 0 Å². The fraction of sp³-hybridized carbons (Fsp3) is 0.562. The molecule has 264 valence electrons. The Hall–Kier alpha value is -3.99. The third-order valence-corrected chi connectivity index (χ3v) is 9.47. The number of amides is 1. The van der Waals surface area contributed by atoms with Gasteiger partial charge in [-0.2, -0.15) is 15.5 Å². The van der Waals surface area contributed by atoms with E-state index < -0.39 is 44.5 Å². The summed E-state index contributed by atoms with van der Waals surface area (Å²) in [5, 5.41) is 20.7. The third kappa shape index (κ3) is 10.0. The predicted molar refractivity (Wildman–Crippen MR) is 179 cm³/mol. The highest BCUT2D eigenvalue weighted by Gasteiger charge is 2.49. The van der Waals surface area contributed by atoms with Gasteiger partial charge in [-0.25, -0.2) is 9.65 Å². The zero-order valence-corrected chi connectivity index (χ0v) is 29.2. The lowest BCUT2D eigenvalue weighted by Gasteiger charge is -2.38. The van der Waals surface area contributed by atoms with Crippen LogP contribution in [0.15, 0.2) is 41.5 Å². The van der Waals surface area contributed by atoms with Gasteiger partial charge in [0.2, 0.25) is 5.95 Å². The molecule has 1 aliphatic heterocycles. The Bertz CT molecular complexity index is 1630. The van der Waals surface area contributed by atoms with Gasteiger partial charge < -0.3 is 28.0 Å². The average Bonchev–Trinajstić information content (AvgIpc) is 3.65. The summed E-state index contributed by atoms with van der Waals surface area (Å²) in [6.45, 7) is 9.98. The number of rotatable bonds is 19. The first-order chi connectivity index (χ1) is 23.7. The molecule has 0 aliphatic carbocycles. The Morgan fingerprint density at radius 3 is 2.51 bits per heavy atom. The second kappa shape index (κ2) is 18.7. The summed E-state index contributed by atoms with van der Waals surface area (Å²) in [5.74, 6) is -0.121. The number of carbonyl (C=O) groups is 1. The van der Waals surface area contributed by atoms with Crippen LogP contribution in [-0.2, 0) is 28.1 Å². The van der Waals surface area contributed by atoms with E-state index in [1.165, 1.54) is 6.33 Å². The van der Waals surface area contributed by atoms with Crippen LogP contribution in [0.4, 0.5) is 5.95 Å². The van der Waals surface area contributed by atoms with Crippen molar-refractivity contribution in [3.05, 3.63) is 47.0 Å². The number of aromatic nitrogens is 4. The minimum Gasteiger partial charge on any atom is -0.484 e. The van der Waals surface area contributed by atoms with Crippen LogP contribution < -0.4 is 15.6 Å². The summed E-state index contributed by atoms with van der Waals surface area (Å²) >= 11 is 0. The molecule has 1 aromatic carbocycles. The van der Waals surface area contributed by atoms with Gasteiger partial charge in [-0.15, -0.1) is 0 Å². The number of aromatic amines is 1. The fourth-order valence-corrected chi connectivity index (χ4v) is 7.04. The van der Waals surface area contributed by atoms with Gasteiger partial charge in [0.15, 0.2) is 24.0 Å². The zero-order valence-electron chi connectivity index (χ0n) is 28.3. The van der Waals surface area contributed by atoms with Crippen molar-refractivity contribution >= 4 is 31.5 Å². The highest BCUT2D eigenvalue weighted by atomic mass is 31.2. The predicted octanol–water partition coefficient (Wildman–Crippen LogP) is 4.38. The number of para-hydroxylation sites is 1. The minimum absolute atomic E-state index is 0.0245. The molecule has 5 atom stereocenters. The zero-order chi connectivity index (χ0) is 35.3. The SMILES string of the molecule is CC[C@H]1O[C@@H](n2cnc3c(=O)[nH]c(NC(=O)COc4ccccc4)nc32)C(OCOCCC#N)[C@H]1OP(OCCC#N)N(C(C)C)C(C)C. The third-order valence-electron chi connectivity index (χ3n) is 7.34. The van der Waals surface area contributed by atoms with Gasteiger partial charge in [0, 0.05) is 12.1 Å². The number of hydrogen-bond donors (Lipinski definition) is 2. The molecule has 3 heterocycles. The molecule has 0 spiro atoms. The van der Waals surface area contributed by atoms with Gasteiger partial charge in [0.1, 0.15) is 24.8 Å². The van der Waals surface area contributed by atoms with Crippen LogP contribution in [0, 0.1) is 22.7 Å². The van der Waals surface area contributed by atoms with Crippen LogP contribution in [0.3, 0.4) is 0 Å². The lowest BCUT2D eigenvalue weighted by Crippen LogP contribution is -2.40. The highest BCUT2D eigenvalue weighted by molar-refractivity contribution is 7.44. The van der Waals surface area contributed by atoms with Crippen molar-refractivity contribution in [2.75, 3.05) is 31.9 Å². The molecule has 0 radical (unpaired) electrons. The molecule has 1 fully saturated rings. The van der Waals surface area contributed by atoms with Crippen molar-refractivity contribution in [1.82, 2.24) is 24.2 Å². The molecule has 16 nitrogen and oxygen atoms in total. The Labute approximate surface area is 286 Å². The molecule has 17 heteroatoms. The number of nitrogens with zero attached hydrogens (tertiary/aromatic N) is 6. The number of benzene rings is 1. The van der Waals surface area contributed by atoms with Crippen LogP contribution >= 0.6 is 8.53 Å². The standard InChI is InChI=1S/C32H43N8O8P/c1-6-24-27(48-49(46-17-11-15-34)40(21(2)3)22(4)5)28(45-20-43-16-10-14-33)31(47-24)39-19-35-26-29(39)37-32(38-30(26)42)36-25(41)18-44-23-12-8-7-9-13-23/h7-9,12-13,19,21-22,24,27-28,31H,6,10-11,16-18,20H2,1-5H3,(H2,36,37,38,41,42)/t24-,27+,28?,31-,49?/m1/s1. The van der Waals surface area contributed by atoms with Gasteiger partial charge in [0.05, 0.1) is 50.6 Å². The molecule has 3 aromatic rings. The molecule has 2 unspecified atom stereocenters. The Morgan fingerprint density at radius 1 is 1.12 bits per heavy atom. The number of H-pyrrole nitrogens is 1. The topological polar surface area (TPSA) is 199 Å². The second-order valence-electron chi connectivity index (χ2n) is 11.5. The maximum atomic E-state index is 13.1. The van der Waals surface area contributed by atoms with Crippen LogP contribution in [0.5, 0.6) is 5.75 Å². The smallest absolute Gasteiger partial charge is 0.280 e. The number of fused-ring (bicyclic) bond motifs is 1. The van der Waals surface area contributed by atoms with E-state index in [1.54, 1.807) is 28.8 Å². The van der Waals surface area contributed by atoms with Gasteiger partial charge in [-0.1, -0.05) is 25.1 Å². The van der Waals surface area contributed by atoms with E-state index in [9.17, 15) is 9.59 Å². The van der Waals surface area contributed by atoms with Crippen LogP contribution in [0.2, 0.25) is 0 Å². The number of anilines is 1. The average molecular weight is 699 g/mol. The second-order valence-corrected chi connectivity index (χ2v) is 13.0. The first kappa shape index (κ1) is 37.8. The largest absolute Gasteiger partial charge is 0.484 e. The molecular formula is C32H43N8O8P. The molecule has 1 amide bonds. The summed E-state index contributed by atoms with van der Waals surface area (Å²) in [6.07, 6.45) is -0.543. The van der Waals surface area contributed by atoms with Gasteiger partial charge in [0.25, 0.3) is 20.0 Å². The molecule has 0 bridgehead atoms. The van der Waals surface area contributed by atoms with E-state index in [1.807, 2.05) is 46.8 Å². The Kier molecular flexibility index (Phi) is 14.4.